The van der Waals surface area contributed by atoms with Gasteiger partial charge in [0.15, 0.2) is 5.43 Å². The second kappa shape index (κ2) is 7.15. The quantitative estimate of drug-likeness (QED) is 0.350. The van der Waals surface area contributed by atoms with Gasteiger partial charge in [0.1, 0.15) is 6.54 Å². The van der Waals surface area contributed by atoms with E-state index in [-0.39, 0.29) is 17.9 Å². The fourth-order valence-electron chi connectivity index (χ4n) is 3.35. The summed E-state index contributed by atoms with van der Waals surface area (Å²) in [5.74, 6) is -0.127. The van der Waals surface area contributed by atoms with Crippen LogP contribution < -0.4 is 10.7 Å². The number of anilines is 1. The van der Waals surface area contributed by atoms with Gasteiger partial charge in [-0.15, -0.1) is 0 Å². The molecule has 0 fully saturated rings. The predicted octanol–water partition coefficient (Wildman–Crippen LogP) is 4.71. The van der Waals surface area contributed by atoms with Crippen LogP contribution in [0.3, 0.4) is 0 Å². The molecule has 0 unspecified atom stereocenters. The maximum Gasteiger partial charge on any atom is 0.244 e. The number of amides is 1. The number of benzene rings is 3. The number of pyridine rings is 1. The third-order valence-corrected chi connectivity index (χ3v) is 5.31. The molecular formula is C22H17IN2O2. The van der Waals surface area contributed by atoms with E-state index in [4.69, 9.17) is 0 Å². The van der Waals surface area contributed by atoms with Gasteiger partial charge in [-0.1, -0.05) is 24.3 Å². The van der Waals surface area contributed by atoms with Crippen LogP contribution in [0.4, 0.5) is 5.69 Å². The summed E-state index contributed by atoms with van der Waals surface area (Å²) in [4.78, 5) is 25.6. The first-order valence-electron chi connectivity index (χ1n) is 8.61. The van der Waals surface area contributed by atoms with Crippen molar-refractivity contribution in [3.05, 3.63) is 86.1 Å². The fraction of sp³-hybridized carbons (Fsp3) is 0.0909. The number of hydrogen-bond acceptors (Lipinski definition) is 2. The van der Waals surface area contributed by atoms with Crippen molar-refractivity contribution in [3.8, 4) is 0 Å². The molecule has 4 nitrogen and oxygen atoms in total. The van der Waals surface area contributed by atoms with Crippen LogP contribution in [0.2, 0.25) is 0 Å². The van der Waals surface area contributed by atoms with Gasteiger partial charge < -0.3 is 9.88 Å². The number of nitrogens with zero attached hydrogens (tertiary/aromatic N) is 1. The summed E-state index contributed by atoms with van der Waals surface area (Å²) in [6.45, 7) is 2.11. The van der Waals surface area contributed by atoms with Gasteiger partial charge in [0, 0.05) is 20.0 Å². The summed E-state index contributed by atoms with van der Waals surface area (Å²) in [5.41, 5.74) is 3.33. The Morgan fingerprint density at radius 1 is 0.963 bits per heavy atom. The number of aryl methyl sites for hydroxylation is 1. The van der Waals surface area contributed by atoms with Crippen molar-refractivity contribution in [2.75, 3.05) is 5.32 Å². The summed E-state index contributed by atoms with van der Waals surface area (Å²) in [7, 11) is 0. The first-order valence-corrected chi connectivity index (χ1v) is 9.69. The monoisotopic (exact) mass is 468 g/mol. The van der Waals surface area contributed by atoms with Crippen LogP contribution in [0.15, 0.2) is 71.5 Å². The van der Waals surface area contributed by atoms with Crippen LogP contribution in [0, 0.1) is 10.5 Å². The maximum absolute atomic E-state index is 12.8. The van der Waals surface area contributed by atoms with Gasteiger partial charge >= 0.3 is 0 Å². The average Bonchev–Trinajstić information content (AvgIpc) is 2.67. The van der Waals surface area contributed by atoms with Crippen LogP contribution in [0.5, 0.6) is 0 Å². The van der Waals surface area contributed by atoms with Gasteiger partial charge in [-0.25, -0.2) is 0 Å². The third kappa shape index (κ3) is 3.35. The molecule has 1 N–H and O–H groups in total. The molecular weight excluding hydrogens is 451 g/mol. The van der Waals surface area contributed by atoms with E-state index in [1.165, 1.54) is 0 Å². The summed E-state index contributed by atoms with van der Waals surface area (Å²) < 4.78 is 3.03. The molecule has 0 spiro atoms. The van der Waals surface area contributed by atoms with E-state index >= 15 is 0 Å². The molecule has 0 saturated carbocycles. The molecule has 0 aliphatic rings. The van der Waals surface area contributed by atoms with Gasteiger partial charge in [-0.2, -0.15) is 0 Å². The number of carbonyl (C=O) groups excluding carboxylic acids is 1. The Morgan fingerprint density at radius 3 is 2.15 bits per heavy atom. The van der Waals surface area contributed by atoms with Crippen molar-refractivity contribution in [3.63, 3.8) is 0 Å². The van der Waals surface area contributed by atoms with Gasteiger partial charge in [0.2, 0.25) is 5.91 Å². The van der Waals surface area contributed by atoms with Crippen LogP contribution in [-0.2, 0) is 11.3 Å². The normalized spacial score (nSPS) is 11.0. The van der Waals surface area contributed by atoms with Crippen molar-refractivity contribution >= 4 is 56.0 Å². The lowest BCUT2D eigenvalue weighted by Crippen LogP contribution is -2.21. The van der Waals surface area contributed by atoms with Gasteiger partial charge in [0.05, 0.1) is 11.0 Å². The van der Waals surface area contributed by atoms with Crippen LogP contribution in [-0.4, -0.2) is 10.5 Å². The molecule has 27 heavy (non-hydrogen) atoms. The van der Waals surface area contributed by atoms with Gasteiger partial charge in [0.25, 0.3) is 0 Å². The highest BCUT2D eigenvalue weighted by Gasteiger charge is 2.13. The number of nitrogens with one attached hydrogen (secondary N) is 1. The van der Waals surface area contributed by atoms with E-state index in [1.54, 1.807) is 0 Å². The summed E-state index contributed by atoms with van der Waals surface area (Å²) >= 11 is 2.25. The Bertz CT molecular complexity index is 1180. The molecule has 0 aliphatic heterocycles. The van der Waals surface area contributed by atoms with E-state index in [0.717, 1.165) is 25.9 Å². The molecule has 0 bridgehead atoms. The van der Waals surface area contributed by atoms with Crippen LogP contribution >= 0.6 is 22.6 Å². The van der Waals surface area contributed by atoms with Crippen molar-refractivity contribution in [2.24, 2.45) is 0 Å². The first-order chi connectivity index (χ1) is 13.0. The second-order valence-corrected chi connectivity index (χ2v) is 7.70. The number of rotatable bonds is 3. The number of halogens is 1. The van der Waals surface area contributed by atoms with Crippen molar-refractivity contribution in [1.82, 2.24) is 4.57 Å². The number of hydrogen-bond donors (Lipinski definition) is 1. The Kier molecular flexibility index (Phi) is 4.70. The highest BCUT2D eigenvalue weighted by atomic mass is 127. The molecule has 1 aromatic heterocycles. The van der Waals surface area contributed by atoms with Crippen LogP contribution in [0.25, 0.3) is 21.8 Å². The predicted molar refractivity (Wildman–Crippen MR) is 118 cm³/mol. The molecule has 4 rings (SSSR count). The molecule has 1 heterocycles. The Hall–Kier alpha value is -2.67. The molecule has 4 aromatic rings. The van der Waals surface area contributed by atoms with Crippen LogP contribution in [0.1, 0.15) is 5.56 Å². The van der Waals surface area contributed by atoms with Gasteiger partial charge in [-0.3, -0.25) is 9.59 Å². The largest absolute Gasteiger partial charge is 0.331 e. The minimum absolute atomic E-state index is 0.00802. The zero-order valence-electron chi connectivity index (χ0n) is 14.7. The zero-order valence-corrected chi connectivity index (χ0v) is 16.9. The zero-order chi connectivity index (χ0) is 19.0. The topological polar surface area (TPSA) is 51.1 Å². The van der Waals surface area contributed by atoms with Crippen molar-refractivity contribution in [2.45, 2.75) is 13.5 Å². The second-order valence-electron chi connectivity index (χ2n) is 6.46. The van der Waals surface area contributed by atoms with E-state index < -0.39 is 0 Å². The van der Waals surface area contributed by atoms with E-state index in [2.05, 4.69) is 27.9 Å². The Morgan fingerprint density at radius 2 is 1.56 bits per heavy atom. The average molecular weight is 468 g/mol. The van der Waals surface area contributed by atoms with E-state index in [9.17, 15) is 9.59 Å². The number of carbonyl (C=O) groups is 1. The Balaban J connectivity index is 1.79. The van der Waals surface area contributed by atoms with E-state index in [0.29, 0.717) is 10.8 Å². The first kappa shape index (κ1) is 17.7. The molecule has 1 amide bonds. The molecule has 134 valence electrons. The highest BCUT2D eigenvalue weighted by Crippen LogP contribution is 2.21. The standard InChI is InChI=1S/C22H17IN2O2/c1-14-12-15(23)10-11-18(14)24-21(26)13-25-19-8-4-2-6-16(19)22(27)17-7-3-5-9-20(17)25/h2-12H,13H2,1H3,(H,24,26). The molecule has 5 heteroatoms. The van der Waals surface area contributed by atoms with Crippen molar-refractivity contribution in [1.29, 1.82) is 0 Å². The summed E-state index contributed by atoms with van der Waals surface area (Å²) in [5, 5.41) is 4.23. The lowest BCUT2D eigenvalue weighted by Gasteiger charge is -2.15. The number of para-hydroxylation sites is 2. The minimum atomic E-state index is -0.127. The summed E-state index contributed by atoms with van der Waals surface area (Å²) in [6.07, 6.45) is 0. The minimum Gasteiger partial charge on any atom is -0.331 e. The SMILES string of the molecule is Cc1cc(I)ccc1NC(=O)Cn1c2ccccc2c(=O)c2ccccc21. The van der Waals surface area contributed by atoms with Gasteiger partial charge in [-0.05, 0) is 77.5 Å². The maximum atomic E-state index is 12.8. The molecule has 0 atom stereocenters. The number of aromatic nitrogens is 1. The summed E-state index contributed by atoms with van der Waals surface area (Å²) in [6, 6.07) is 20.7. The fourth-order valence-corrected chi connectivity index (χ4v) is 3.99. The van der Waals surface area contributed by atoms with E-state index in [1.807, 2.05) is 78.2 Å². The lowest BCUT2D eigenvalue weighted by molar-refractivity contribution is -0.116. The Labute approximate surface area is 170 Å². The molecule has 0 radical (unpaired) electrons. The third-order valence-electron chi connectivity index (χ3n) is 4.64. The van der Waals surface area contributed by atoms with Crippen molar-refractivity contribution < 1.29 is 4.79 Å². The number of fused-ring (bicyclic) bond motifs is 2. The highest BCUT2D eigenvalue weighted by molar-refractivity contribution is 14.1. The smallest absolute Gasteiger partial charge is 0.244 e. The molecule has 0 aliphatic carbocycles. The lowest BCUT2D eigenvalue weighted by atomic mass is 10.1. The molecule has 0 saturated heterocycles. The molecule has 3 aromatic carbocycles.